The Labute approximate surface area is 354 Å². The Bertz CT molecular complexity index is 2420. The maximum absolute atomic E-state index is 13.4. The number of hydrogen-bond donors (Lipinski definition) is 3. The molecule has 2 aromatic heterocycles. The Balaban J connectivity index is 0.735. The van der Waals surface area contributed by atoms with Gasteiger partial charge in [-0.05, 0) is 86.7 Å². The van der Waals surface area contributed by atoms with Gasteiger partial charge in [0.15, 0.2) is 5.65 Å². The third-order valence-corrected chi connectivity index (χ3v) is 11.8. The summed E-state index contributed by atoms with van der Waals surface area (Å²) in [4.78, 5) is 75.1. The third kappa shape index (κ3) is 9.25. The number of rotatable bonds is 17. The van der Waals surface area contributed by atoms with Crippen LogP contribution in [0.1, 0.15) is 110 Å². The van der Waals surface area contributed by atoms with Crippen LogP contribution in [-0.2, 0) is 14.4 Å². The first-order valence-electron chi connectivity index (χ1n) is 21.4. The zero-order valence-electron chi connectivity index (χ0n) is 34.2. The molecule has 0 spiro atoms. The molecule has 8 rings (SSSR count). The van der Waals surface area contributed by atoms with Crippen molar-refractivity contribution in [1.82, 2.24) is 34.9 Å². The summed E-state index contributed by atoms with van der Waals surface area (Å²) in [5.41, 5.74) is 9.95. The van der Waals surface area contributed by atoms with Crippen molar-refractivity contribution in [1.29, 1.82) is 0 Å². The number of fused-ring (bicyclic) bond motifs is 2. The molecule has 2 saturated heterocycles. The molecule has 0 aliphatic carbocycles. The maximum atomic E-state index is 13.4. The van der Waals surface area contributed by atoms with Crippen LogP contribution in [0.3, 0.4) is 0 Å². The highest BCUT2D eigenvalue weighted by Crippen LogP contribution is 2.35. The second kappa shape index (κ2) is 18.7. The number of carbonyl (C=O) groups excluding carboxylic acids is 5. The summed E-state index contributed by atoms with van der Waals surface area (Å²) < 4.78 is 7.92. The Morgan fingerprint density at radius 1 is 0.820 bits per heavy atom. The average molecular weight is 826 g/mol. The summed E-state index contributed by atoms with van der Waals surface area (Å²) in [7, 11) is 0. The minimum Gasteiger partial charge on any atom is -0.457 e. The number of aromatic nitrogens is 4. The molecule has 3 aliphatic rings. The minimum absolute atomic E-state index is 0.0276. The first kappa shape index (κ1) is 41.1. The fourth-order valence-electron chi connectivity index (χ4n) is 8.57. The van der Waals surface area contributed by atoms with Crippen molar-refractivity contribution >= 4 is 52.1 Å². The van der Waals surface area contributed by atoms with Crippen LogP contribution in [0.5, 0.6) is 11.5 Å². The van der Waals surface area contributed by atoms with Crippen molar-refractivity contribution in [2.45, 2.75) is 95.6 Å². The molecule has 5 heterocycles. The topological polar surface area (TPSA) is 195 Å². The number of benzene rings is 3. The number of nitrogens with one attached hydrogen (secondary N) is 2. The van der Waals surface area contributed by atoms with Gasteiger partial charge in [-0.3, -0.25) is 34.2 Å². The molecule has 316 valence electrons. The predicted octanol–water partition coefficient (Wildman–Crippen LogP) is 7.06. The molecule has 5 aromatic rings. The quantitative estimate of drug-likeness (QED) is 0.0642. The van der Waals surface area contributed by atoms with Crippen LogP contribution < -0.4 is 21.1 Å². The molecule has 0 bridgehead atoms. The van der Waals surface area contributed by atoms with Gasteiger partial charge in [0.1, 0.15) is 35.4 Å². The number of imide groups is 2. The van der Waals surface area contributed by atoms with Gasteiger partial charge in [-0.15, -0.1) is 0 Å². The number of piperidine rings is 2. The number of amides is 5. The highest BCUT2D eigenvalue weighted by molar-refractivity contribution is 6.23. The molecule has 2 atom stereocenters. The maximum Gasteiger partial charge on any atom is 0.262 e. The van der Waals surface area contributed by atoms with Gasteiger partial charge in [0.05, 0.1) is 22.6 Å². The lowest BCUT2D eigenvalue weighted by molar-refractivity contribution is -0.136. The second-order valence-corrected chi connectivity index (χ2v) is 16.0. The second-order valence-electron chi connectivity index (χ2n) is 16.0. The molecule has 3 aromatic carbocycles. The molecule has 0 radical (unpaired) electrons. The van der Waals surface area contributed by atoms with Gasteiger partial charge in [-0.2, -0.15) is 5.10 Å². The first-order chi connectivity index (χ1) is 29.7. The van der Waals surface area contributed by atoms with E-state index in [2.05, 4.69) is 20.6 Å². The van der Waals surface area contributed by atoms with Crippen molar-refractivity contribution in [2.75, 3.05) is 30.7 Å². The lowest BCUT2D eigenvalue weighted by Crippen LogP contribution is -2.54. The van der Waals surface area contributed by atoms with Gasteiger partial charge in [-0.1, -0.05) is 56.7 Å². The number of nitrogen functional groups attached to an aromatic ring is 1. The Morgan fingerprint density at radius 3 is 2.31 bits per heavy atom. The molecular formula is C46H51N9O6. The zero-order chi connectivity index (χ0) is 42.3. The van der Waals surface area contributed by atoms with Crippen LogP contribution in [0.25, 0.3) is 22.3 Å². The lowest BCUT2D eigenvalue weighted by Gasteiger charge is -2.33. The van der Waals surface area contributed by atoms with E-state index in [1.165, 1.54) is 6.33 Å². The van der Waals surface area contributed by atoms with Gasteiger partial charge in [-0.25, -0.2) is 14.6 Å². The number of ether oxygens (including phenoxy) is 1. The number of para-hydroxylation sites is 1. The summed E-state index contributed by atoms with van der Waals surface area (Å²) in [6.07, 6.45) is 12.4. The lowest BCUT2D eigenvalue weighted by atomic mass is 10.0. The molecule has 0 saturated carbocycles. The highest BCUT2D eigenvalue weighted by Gasteiger charge is 2.44. The number of nitrogens with zero attached hydrogens (tertiary/aromatic N) is 6. The van der Waals surface area contributed by atoms with Crippen LogP contribution in [0.2, 0.25) is 0 Å². The summed E-state index contributed by atoms with van der Waals surface area (Å²) in [5.74, 6) is -0.00128. The van der Waals surface area contributed by atoms with Gasteiger partial charge in [0.2, 0.25) is 17.7 Å². The molecular weight excluding hydrogens is 775 g/mol. The van der Waals surface area contributed by atoms with Gasteiger partial charge >= 0.3 is 0 Å². The van der Waals surface area contributed by atoms with Crippen molar-refractivity contribution in [2.24, 2.45) is 0 Å². The van der Waals surface area contributed by atoms with E-state index in [1.807, 2.05) is 64.2 Å². The highest BCUT2D eigenvalue weighted by atomic mass is 16.5. The van der Waals surface area contributed by atoms with Gasteiger partial charge in [0, 0.05) is 43.7 Å². The van der Waals surface area contributed by atoms with Crippen molar-refractivity contribution in [3.05, 3.63) is 90.3 Å². The van der Waals surface area contributed by atoms with Crippen LogP contribution in [0, 0.1) is 0 Å². The largest absolute Gasteiger partial charge is 0.457 e. The summed E-state index contributed by atoms with van der Waals surface area (Å²) in [6.45, 7) is 2.05. The summed E-state index contributed by atoms with van der Waals surface area (Å²) in [5, 5.41) is 11.3. The van der Waals surface area contributed by atoms with E-state index < -0.39 is 29.7 Å². The van der Waals surface area contributed by atoms with Crippen LogP contribution in [0.4, 0.5) is 11.5 Å². The third-order valence-electron chi connectivity index (χ3n) is 11.8. The number of hydrogen-bond acceptors (Lipinski definition) is 11. The zero-order valence-corrected chi connectivity index (χ0v) is 34.2. The van der Waals surface area contributed by atoms with Gasteiger partial charge < -0.3 is 20.7 Å². The molecule has 1 unspecified atom stereocenters. The smallest absolute Gasteiger partial charge is 0.262 e. The van der Waals surface area contributed by atoms with E-state index in [0.717, 1.165) is 99.2 Å². The average Bonchev–Trinajstić information content (AvgIpc) is 3.78. The summed E-state index contributed by atoms with van der Waals surface area (Å²) >= 11 is 0. The van der Waals surface area contributed by atoms with Crippen LogP contribution in [0.15, 0.2) is 79.1 Å². The van der Waals surface area contributed by atoms with E-state index in [1.54, 1.807) is 18.2 Å². The molecule has 61 heavy (non-hydrogen) atoms. The number of nitrogens with two attached hydrogens (primary N) is 1. The normalized spacial score (nSPS) is 17.8. The summed E-state index contributed by atoms with van der Waals surface area (Å²) in [6, 6.07) is 21.4. The predicted molar refractivity (Wildman–Crippen MR) is 230 cm³/mol. The molecule has 4 N–H and O–H groups in total. The van der Waals surface area contributed by atoms with E-state index in [-0.39, 0.29) is 35.9 Å². The molecule has 2 fully saturated rings. The van der Waals surface area contributed by atoms with E-state index in [0.29, 0.717) is 41.3 Å². The fraction of sp³-hybridized carbons (Fsp3) is 0.391. The van der Waals surface area contributed by atoms with Crippen LogP contribution >= 0.6 is 0 Å². The van der Waals surface area contributed by atoms with E-state index in [4.69, 9.17) is 15.6 Å². The molecule has 5 amide bonds. The van der Waals surface area contributed by atoms with E-state index >= 15 is 0 Å². The van der Waals surface area contributed by atoms with Gasteiger partial charge in [0.25, 0.3) is 11.8 Å². The monoisotopic (exact) mass is 825 g/mol. The Morgan fingerprint density at radius 2 is 1.54 bits per heavy atom. The number of anilines is 2. The first-order valence-corrected chi connectivity index (χ1v) is 21.4. The SMILES string of the molecule is Nc1ncnc2c1c(-c1ccc(Oc3ccccc3)cc1)nn2[C@@H]1CCCN(C(=O)CCCCCCCCCCNc2ccc3c(c2)C(=O)N(C2CCC(=O)NC2=O)C3=O)C1. The molecule has 15 nitrogen and oxygen atoms in total. The fourth-order valence-corrected chi connectivity index (χ4v) is 8.57. The minimum atomic E-state index is -0.974. The Kier molecular flexibility index (Phi) is 12.6. The van der Waals surface area contributed by atoms with Crippen molar-refractivity contribution in [3.8, 4) is 22.8 Å². The molecule has 15 heteroatoms. The number of likely N-dealkylation sites (tertiary alicyclic amines) is 1. The van der Waals surface area contributed by atoms with E-state index in [9.17, 15) is 24.0 Å². The van der Waals surface area contributed by atoms with Crippen molar-refractivity contribution in [3.63, 3.8) is 0 Å². The van der Waals surface area contributed by atoms with Crippen molar-refractivity contribution < 1.29 is 28.7 Å². The standard InChI is InChI=1S/C46H51N9O6/c47-42-40-41(30-17-20-34(21-18-30)61-33-14-8-7-9-15-33)52-55(43(40)50-29-49-42)32-13-12-26-53(28-32)39(57)16-10-5-3-1-2-4-6-11-25-48-31-19-22-35-36(27-31)46(60)54(45(35)59)37-23-24-38(56)51-44(37)58/h7-9,14-15,17-22,27,29,32,37,48H,1-6,10-13,16,23-26,28H2,(H2,47,49,50)(H,51,56,58)/t32-,37?/m1/s1. The number of unbranched alkanes of at least 4 members (excludes halogenated alkanes) is 7. The molecule has 3 aliphatic heterocycles. The number of carbonyl (C=O) groups is 5. The van der Waals surface area contributed by atoms with Crippen LogP contribution in [-0.4, -0.2) is 84.8 Å². The Hall–Kier alpha value is -6.64.